The summed E-state index contributed by atoms with van der Waals surface area (Å²) in [5, 5.41) is 3.21. The van der Waals surface area contributed by atoms with Crippen LogP contribution in [0.2, 0.25) is 0 Å². The van der Waals surface area contributed by atoms with E-state index in [2.05, 4.69) is 45.5 Å². The van der Waals surface area contributed by atoms with Gasteiger partial charge in [-0.2, -0.15) is 0 Å². The molecule has 4 nitrogen and oxygen atoms in total. The number of nitrogens with two attached hydrogens (primary N) is 1. The van der Waals surface area contributed by atoms with Crippen LogP contribution in [-0.4, -0.2) is 32.2 Å². The lowest BCUT2D eigenvalue weighted by Gasteiger charge is -2.39. The van der Waals surface area contributed by atoms with Crippen LogP contribution in [0.5, 0.6) is 0 Å². The van der Waals surface area contributed by atoms with Gasteiger partial charge in [-0.05, 0) is 43.4 Å². The first-order valence-electron chi connectivity index (χ1n) is 8.84. The maximum absolute atomic E-state index is 12.8. The zero-order valence-electron chi connectivity index (χ0n) is 14.7. The molecule has 1 amide bonds. The van der Waals surface area contributed by atoms with Gasteiger partial charge in [0.05, 0.1) is 5.41 Å². The predicted octanol–water partition coefficient (Wildman–Crippen LogP) is 3.38. The molecule has 0 saturated carbocycles. The van der Waals surface area contributed by atoms with E-state index in [1.54, 1.807) is 0 Å². The minimum absolute atomic E-state index is 0.0591. The summed E-state index contributed by atoms with van der Waals surface area (Å²) in [7, 11) is 0. The molecule has 0 spiro atoms. The largest absolute Gasteiger partial charge is 0.381 e. The number of hydrogen-bond donors (Lipinski definition) is 2. The fourth-order valence-corrected chi connectivity index (χ4v) is 3.79. The summed E-state index contributed by atoms with van der Waals surface area (Å²) >= 11 is 3.50. The van der Waals surface area contributed by atoms with Crippen LogP contribution in [0.4, 0.5) is 0 Å². The van der Waals surface area contributed by atoms with Gasteiger partial charge in [0.1, 0.15) is 0 Å². The molecule has 1 saturated heterocycles. The third-order valence-corrected chi connectivity index (χ3v) is 6.25. The minimum atomic E-state index is -0.452. The van der Waals surface area contributed by atoms with Gasteiger partial charge in [0, 0.05) is 36.2 Å². The molecule has 0 aromatic heterocycles. The Morgan fingerprint density at radius 1 is 1.25 bits per heavy atom. The van der Waals surface area contributed by atoms with Gasteiger partial charge in [-0.25, -0.2) is 0 Å². The maximum Gasteiger partial charge on any atom is 0.227 e. The monoisotopic (exact) mass is 396 g/mol. The number of rotatable bonds is 7. The lowest BCUT2D eigenvalue weighted by atomic mass is 9.73. The van der Waals surface area contributed by atoms with Crippen molar-refractivity contribution in [3.05, 3.63) is 34.3 Å². The highest BCUT2D eigenvalue weighted by molar-refractivity contribution is 9.10. The quantitative estimate of drug-likeness (QED) is 0.742. The Labute approximate surface area is 153 Å². The molecule has 1 heterocycles. The first kappa shape index (κ1) is 19.4. The van der Waals surface area contributed by atoms with E-state index in [-0.39, 0.29) is 11.3 Å². The molecule has 0 radical (unpaired) electrons. The summed E-state index contributed by atoms with van der Waals surface area (Å²) in [4.78, 5) is 12.8. The zero-order valence-corrected chi connectivity index (χ0v) is 16.3. The predicted molar refractivity (Wildman–Crippen MR) is 101 cm³/mol. The molecule has 3 N–H and O–H groups in total. The third-order valence-electron chi connectivity index (χ3n) is 5.72. The van der Waals surface area contributed by atoms with Crippen molar-refractivity contribution < 1.29 is 9.53 Å². The van der Waals surface area contributed by atoms with Crippen LogP contribution in [0.15, 0.2) is 28.7 Å². The standard InChI is InChI=1S/C19H29BrN2O2/c1-3-18(4-2,13-21)17(23)22-14-19(9-11-24-12-10-19)15-5-7-16(20)8-6-15/h5-8H,3-4,9-14,21H2,1-2H3,(H,22,23). The van der Waals surface area contributed by atoms with Crippen molar-refractivity contribution in [3.63, 3.8) is 0 Å². The van der Waals surface area contributed by atoms with E-state index in [0.29, 0.717) is 13.1 Å². The number of hydrogen-bond acceptors (Lipinski definition) is 3. The minimum Gasteiger partial charge on any atom is -0.381 e. The van der Waals surface area contributed by atoms with Crippen LogP contribution >= 0.6 is 15.9 Å². The fraction of sp³-hybridized carbons (Fsp3) is 0.632. The SMILES string of the molecule is CCC(CC)(CN)C(=O)NCC1(c2ccc(Br)cc2)CCOCC1. The second-order valence-electron chi connectivity index (χ2n) is 6.77. The highest BCUT2D eigenvalue weighted by Crippen LogP contribution is 2.35. The highest BCUT2D eigenvalue weighted by Gasteiger charge is 2.38. The Kier molecular flexibility index (Phi) is 6.84. The summed E-state index contributed by atoms with van der Waals surface area (Å²) in [6.45, 7) is 6.56. The second kappa shape index (κ2) is 8.45. The number of nitrogens with one attached hydrogen (secondary N) is 1. The Morgan fingerprint density at radius 3 is 2.33 bits per heavy atom. The molecule has 1 fully saturated rings. The smallest absolute Gasteiger partial charge is 0.227 e. The van der Waals surface area contributed by atoms with Gasteiger partial charge in [0.15, 0.2) is 0 Å². The van der Waals surface area contributed by atoms with E-state index in [4.69, 9.17) is 10.5 Å². The Balaban J connectivity index is 2.18. The number of halogens is 1. The van der Waals surface area contributed by atoms with Gasteiger partial charge in [-0.3, -0.25) is 4.79 Å². The molecular weight excluding hydrogens is 368 g/mol. The molecule has 1 aliphatic rings. The first-order chi connectivity index (χ1) is 11.5. The van der Waals surface area contributed by atoms with Crippen molar-refractivity contribution in [2.75, 3.05) is 26.3 Å². The van der Waals surface area contributed by atoms with Crippen molar-refractivity contribution >= 4 is 21.8 Å². The Hall–Kier alpha value is -0.910. The molecule has 1 aromatic rings. The van der Waals surface area contributed by atoms with Crippen LogP contribution in [0.3, 0.4) is 0 Å². The van der Waals surface area contributed by atoms with Crippen LogP contribution in [0.25, 0.3) is 0 Å². The maximum atomic E-state index is 12.8. The van der Waals surface area contributed by atoms with Crippen LogP contribution in [0.1, 0.15) is 45.1 Å². The molecule has 5 heteroatoms. The van der Waals surface area contributed by atoms with Gasteiger partial charge in [-0.15, -0.1) is 0 Å². The molecule has 0 bridgehead atoms. The molecule has 0 unspecified atom stereocenters. The van der Waals surface area contributed by atoms with Gasteiger partial charge < -0.3 is 15.8 Å². The summed E-state index contributed by atoms with van der Waals surface area (Å²) in [6.07, 6.45) is 3.37. The van der Waals surface area contributed by atoms with Crippen molar-refractivity contribution in [2.24, 2.45) is 11.1 Å². The molecule has 1 aliphatic heterocycles. The second-order valence-corrected chi connectivity index (χ2v) is 7.69. The number of carbonyl (C=O) groups is 1. The Morgan fingerprint density at radius 2 is 1.83 bits per heavy atom. The van der Waals surface area contributed by atoms with Crippen molar-refractivity contribution in [1.82, 2.24) is 5.32 Å². The molecule has 2 rings (SSSR count). The lowest BCUT2D eigenvalue weighted by molar-refractivity contribution is -0.131. The fourth-order valence-electron chi connectivity index (χ4n) is 3.52. The summed E-state index contributed by atoms with van der Waals surface area (Å²) in [5.41, 5.74) is 6.67. The molecule has 0 atom stereocenters. The summed E-state index contributed by atoms with van der Waals surface area (Å²) < 4.78 is 6.63. The molecule has 134 valence electrons. The van der Waals surface area contributed by atoms with Crippen LogP contribution < -0.4 is 11.1 Å². The summed E-state index contributed by atoms with van der Waals surface area (Å²) in [5.74, 6) is 0.0815. The number of ether oxygens (including phenoxy) is 1. The molecule has 24 heavy (non-hydrogen) atoms. The number of carbonyl (C=O) groups excluding carboxylic acids is 1. The van der Waals surface area contributed by atoms with Crippen LogP contribution in [-0.2, 0) is 14.9 Å². The van der Waals surface area contributed by atoms with Crippen molar-refractivity contribution in [3.8, 4) is 0 Å². The Bertz CT molecular complexity index is 527. The first-order valence-corrected chi connectivity index (χ1v) is 9.63. The van der Waals surface area contributed by atoms with E-state index >= 15 is 0 Å². The van der Waals surface area contributed by atoms with Gasteiger partial charge >= 0.3 is 0 Å². The normalized spacial score (nSPS) is 17.5. The number of benzene rings is 1. The average molecular weight is 397 g/mol. The van der Waals surface area contributed by atoms with E-state index in [9.17, 15) is 4.79 Å². The topological polar surface area (TPSA) is 64.4 Å². The number of amides is 1. The van der Waals surface area contributed by atoms with Gasteiger partial charge in [0.25, 0.3) is 0 Å². The van der Waals surface area contributed by atoms with E-state index < -0.39 is 5.41 Å². The van der Waals surface area contributed by atoms with E-state index in [0.717, 1.165) is 43.4 Å². The lowest BCUT2D eigenvalue weighted by Crippen LogP contribution is -2.51. The highest BCUT2D eigenvalue weighted by atomic mass is 79.9. The molecular formula is C19H29BrN2O2. The van der Waals surface area contributed by atoms with Crippen molar-refractivity contribution in [2.45, 2.75) is 44.9 Å². The third kappa shape index (κ3) is 4.01. The van der Waals surface area contributed by atoms with Gasteiger partial charge in [0.2, 0.25) is 5.91 Å². The molecule has 0 aliphatic carbocycles. The van der Waals surface area contributed by atoms with Crippen molar-refractivity contribution in [1.29, 1.82) is 0 Å². The average Bonchev–Trinajstić information content (AvgIpc) is 2.63. The molecule has 1 aromatic carbocycles. The van der Waals surface area contributed by atoms with Crippen LogP contribution in [0, 0.1) is 5.41 Å². The van der Waals surface area contributed by atoms with E-state index in [1.165, 1.54) is 5.56 Å². The summed E-state index contributed by atoms with van der Waals surface area (Å²) in [6, 6.07) is 8.43. The van der Waals surface area contributed by atoms with E-state index in [1.807, 2.05) is 13.8 Å². The zero-order chi connectivity index (χ0) is 17.6. The van der Waals surface area contributed by atoms with Gasteiger partial charge in [-0.1, -0.05) is 41.9 Å².